The van der Waals surface area contributed by atoms with Gasteiger partial charge in [0.1, 0.15) is 11.6 Å². The minimum atomic E-state index is -0.703. The van der Waals surface area contributed by atoms with Gasteiger partial charge in [0.25, 0.3) is 0 Å². The Morgan fingerprint density at radius 3 is 2.18 bits per heavy atom. The molecule has 0 aliphatic carbocycles. The number of hydrogen-bond donors (Lipinski definition) is 1. The van der Waals surface area contributed by atoms with E-state index in [-0.39, 0.29) is 0 Å². The summed E-state index contributed by atoms with van der Waals surface area (Å²) in [5.41, 5.74) is -0.601. The van der Waals surface area contributed by atoms with E-state index in [1.165, 1.54) is 58.5 Å². The fourth-order valence-corrected chi connectivity index (χ4v) is 3.46. The minimum Gasteiger partial charge on any atom is -0.467 e. The molecule has 164 valence electrons. The Bertz CT molecular complexity index is 446. The molecule has 0 rings (SSSR count). The van der Waals surface area contributed by atoms with Gasteiger partial charge < -0.3 is 14.8 Å². The molecule has 6 heteroatoms. The van der Waals surface area contributed by atoms with Gasteiger partial charge in [0.15, 0.2) is 0 Å². The third-order valence-corrected chi connectivity index (χ3v) is 5.06. The standard InChI is InChI=1S/C22H41NO4S/c1-6-7-8-9-10-11-12-13-14-15-16-17-28-18-19(20(24)26-5)23-21(25)27-22(2,3)4/h15-16,19H,6-14,17-18H2,1-5H3,(H,23,25)/t19-/m0/s1. The SMILES string of the molecule is CCCCCCCCCCC=CCSC[C@H](NC(=O)OC(C)(C)C)C(=O)OC. The summed E-state index contributed by atoms with van der Waals surface area (Å²) in [6.45, 7) is 7.60. The third-order valence-electron chi connectivity index (χ3n) is 4.07. The zero-order valence-electron chi connectivity index (χ0n) is 18.6. The summed E-state index contributed by atoms with van der Waals surface area (Å²) in [4.78, 5) is 23.7. The highest BCUT2D eigenvalue weighted by Crippen LogP contribution is 2.11. The van der Waals surface area contributed by atoms with E-state index in [2.05, 4.69) is 24.4 Å². The number of alkyl carbamates (subject to hydrolysis) is 1. The van der Waals surface area contributed by atoms with E-state index in [0.29, 0.717) is 5.75 Å². The molecule has 28 heavy (non-hydrogen) atoms. The van der Waals surface area contributed by atoms with Crippen molar-refractivity contribution < 1.29 is 19.1 Å². The monoisotopic (exact) mass is 415 g/mol. The second-order valence-electron chi connectivity index (χ2n) is 7.99. The largest absolute Gasteiger partial charge is 0.467 e. The molecule has 0 radical (unpaired) electrons. The number of rotatable bonds is 15. The van der Waals surface area contributed by atoms with Crippen molar-refractivity contribution in [2.24, 2.45) is 0 Å². The van der Waals surface area contributed by atoms with Crippen molar-refractivity contribution in [2.45, 2.75) is 97.1 Å². The van der Waals surface area contributed by atoms with E-state index in [4.69, 9.17) is 9.47 Å². The second kappa shape index (κ2) is 16.8. The van der Waals surface area contributed by atoms with E-state index in [1.807, 2.05) is 0 Å². The first-order valence-electron chi connectivity index (χ1n) is 10.6. The lowest BCUT2D eigenvalue weighted by molar-refractivity contribution is -0.142. The summed E-state index contributed by atoms with van der Waals surface area (Å²) in [5.74, 6) is 0.801. The van der Waals surface area contributed by atoms with Crippen LogP contribution >= 0.6 is 11.8 Å². The quantitative estimate of drug-likeness (QED) is 0.206. The van der Waals surface area contributed by atoms with Crippen LogP contribution in [0.5, 0.6) is 0 Å². The summed E-state index contributed by atoms with van der Waals surface area (Å²) in [6, 6.07) is -0.703. The number of carbonyl (C=O) groups excluding carboxylic acids is 2. The predicted molar refractivity (Wildman–Crippen MR) is 119 cm³/mol. The molecule has 1 amide bonds. The number of carbonyl (C=O) groups is 2. The Morgan fingerprint density at radius 1 is 1.00 bits per heavy atom. The van der Waals surface area contributed by atoms with Crippen molar-refractivity contribution in [1.29, 1.82) is 0 Å². The Morgan fingerprint density at radius 2 is 1.61 bits per heavy atom. The Hall–Kier alpha value is -1.17. The van der Waals surface area contributed by atoms with Gasteiger partial charge in [-0.05, 0) is 33.6 Å². The number of esters is 1. The first-order chi connectivity index (χ1) is 13.3. The molecule has 0 aliphatic heterocycles. The Balaban J connectivity index is 3.88. The maximum absolute atomic E-state index is 11.9. The van der Waals surface area contributed by atoms with Crippen LogP contribution in [-0.4, -0.2) is 42.3 Å². The number of hydrogen-bond acceptors (Lipinski definition) is 5. The van der Waals surface area contributed by atoms with Crippen LogP contribution in [-0.2, 0) is 14.3 Å². The van der Waals surface area contributed by atoms with Crippen molar-refractivity contribution in [3.8, 4) is 0 Å². The average Bonchev–Trinajstić information content (AvgIpc) is 2.62. The third kappa shape index (κ3) is 17.0. The highest BCUT2D eigenvalue weighted by atomic mass is 32.2. The smallest absolute Gasteiger partial charge is 0.408 e. The molecule has 0 aromatic heterocycles. The highest BCUT2D eigenvalue weighted by molar-refractivity contribution is 7.99. The molecule has 0 saturated carbocycles. The summed E-state index contributed by atoms with van der Waals surface area (Å²) in [7, 11) is 1.32. The van der Waals surface area contributed by atoms with Crippen LogP contribution in [0.3, 0.4) is 0 Å². The molecule has 0 heterocycles. The van der Waals surface area contributed by atoms with E-state index < -0.39 is 23.7 Å². The molecule has 0 bridgehead atoms. The molecular formula is C22H41NO4S. The molecule has 1 atom stereocenters. The lowest BCUT2D eigenvalue weighted by Crippen LogP contribution is -2.45. The number of ether oxygens (including phenoxy) is 2. The maximum atomic E-state index is 11.9. The summed E-state index contributed by atoms with van der Waals surface area (Å²) in [5, 5.41) is 2.59. The van der Waals surface area contributed by atoms with Crippen molar-refractivity contribution in [3.05, 3.63) is 12.2 Å². The summed E-state index contributed by atoms with van der Waals surface area (Å²) in [6.07, 6.45) is 15.5. The van der Waals surface area contributed by atoms with Gasteiger partial charge in [0.05, 0.1) is 7.11 Å². The van der Waals surface area contributed by atoms with Gasteiger partial charge >= 0.3 is 12.1 Å². The van der Waals surface area contributed by atoms with E-state index in [9.17, 15) is 9.59 Å². The maximum Gasteiger partial charge on any atom is 0.408 e. The molecule has 1 N–H and O–H groups in total. The van der Waals surface area contributed by atoms with Crippen LogP contribution in [0, 0.1) is 0 Å². The van der Waals surface area contributed by atoms with E-state index in [0.717, 1.165) is 12.2 Å². The molecule has 5 nitrogen and oxygen atoms in total. The lowest BCUT2D eigenvalue weighted by Gasteiger charge is -2.22. The number of methoxy groups -OCH3 is 1. The van der Waals surface area contributed by atoms with Gasteiger partial charge in [-0.15, -0.1) is 0 Å². The zero-order valence-corrected chi connectivity index (χ0v) is 19.4. The molecule has 0 unspecified atom stereocenters. The zero-order chi connectivity index (χ0) is 21.3. The normalized spacial score (nSPS) is 12.8. The number of thioether (sulfide) groups is 1. The van der Waals surface area contributed by atoms with Crippen LogP contribution in [0.15, 0.2) is 12.2 Å². The summed E-state index contributed by atoms with van der Waals surface area (Å²) >= 11 is 1.59. The van der Waals surface area contributed by atoms with Gasteiger partial charge in [-0.25, -0.2) is 9.59 Å². The molecule has 0 saturated heterocycles. The number of unbranched alkanes of at least 4 members (excludes halogenated alkanes) is 8. The second-order valence-corrected chi connectivity index (χ2v) is 9.07. The molecular weight excluding hydrogens is 374 g/mol. The topological polar surface area (TPSA) is 64.6 Å². The van der Waals surface area contributed by atoms with Crippen LogP contribution in [0.2, 0.25) is 0 Å². The van der Waals surface area contributed by atoms with Crippen molar-refractivity contribution in [2.75, 3.05) is 18.6 Å². The average molecular weight is 416 g/mol. The molecule has 0 aromatic carbocycles. The highest BCUT2D eigenvalue weighted by Gasteiger charge is 2.24. The van der Waals surface area contributed by atoms with Crippen LogP contribution in [0.1, 0.15) is 85.5 Å². The minimum absolute atomic E-state index is 0.452. The Labute approximate surface area is 176 Å². The van der Waals surface area contributed by atoms with Crippen LogP contribution < -0.4 is 5.32 Å². The predicted octanol–water partition coefficient (Wildman–Crippen LogP) is 5.87. The van der Waals surface area contributed by atoms with Gasteiger partial charge in [0, 0.05) is 11.5 Å². The van der Waals surface area contributed by atoms with Crippen LogP contribution in [0.4, 0.5) is 4.79 Å². The van der Waals surface area contributed by atoms with Crippen molar-refractivity contribution in [3.63, 3.8) is 0 Å². The summed E-state index contributed by atoms with van der Waals surface area (Å²) < 4.78 is 9.97. The molecule has 0 fully saturated rings. The lowest BCUT2D eigenvalue weighted by atomic mass is 10.1. The van der Waals surface area contributed by atoms with Gasteiger partial charge in [-0.2, -0.15) is 11.8 Å². The fraction of sp³-hybridized carbons (Fsp3) is 0.818. The number of nitrogens with one attached hydrogen (secondary N) is 1. The van der Waals surface area contributed by atoms with Crippen molar-refractivity contribution >= 4 is 23.8 Å². The molecule has 0 spiro atoms. The number of allylic oxidation sites excluding steroid dienone is 1. The molecule has 0 aliphatic rings. The molecule has 0 aromatic rings. The Kier molecular flexibility index (Phi) is 16.1. The first-order valence-corrected chi connectivity index (χ1v) is 11.8. The van der Waals surface area contributed by atoms with E-state index >= 15 is 0 Å². The van der Waals surface area contributed by atoms with Gasteiger partial charge in [-0.1, -0.05) is 64.0 Å². The van der Waals surface area contributed by atoms with Crippen molar-refractivity contribution in [1.82, 2.24) is 5.32 Å². The number of amides is 1. The van der Waals surface area contributed by atoms with Gasteiger partial charge in [-0.3, -0.25) is 0 Å². The van der Waals surface area contributed by atoms with Gasteiger partial charge in [0.2, 0.25) is 0 Å². The van der Waals surface area contributed by atoms with Crippen LogP contribution in [0.25, 0.3) is 0 Å². The first kappa shape index (κ1) is 26.8. The van der Waals surface area contributed by atoms with E-state index in [1.54, 1.807) is 32.5 Å². The fourth-order valence-electron chi connectivity index (χ4n) is 2.60.